The SMILES string of the molecule is CC(C)C(O)C(C)(C)CO.CC(C)COC(=O)CCCCC(=O)O. The molecule has 24 heavy (non-hydrogen) atoms. The Morgan fingerprint density at radius 3 is 1.88 bits per heavy atom. The predicted octanol–water partition coefficient (Wildman–Crippen LogP) is 2.85. The third kappa shape index (κ3) is 14.5. The average Bonchev–Trinajstić information content (AvgIpc) is 2.49. The molecule has 0 bridgehead atoms. The van der Waals surface area contributed by atoms with Crippen LogP contribution in [0, 0.1) is 17.3 Å². The number of carbonyl (C=O) groups is 2. The van der Waals surface area contributed by atoms with E-state index in [-0.39, 0.29) is 30.3 Å². The summed E-state index contributed by atoms with van der Waals surface area (Å²) in [6, 6.07) is 0. The second-order valence-corrected chi connectivity index (χ2v) is 7.51. The lowest BCUT2D eigenvalue weighted by molar-refractivity contribution is -0.145. The van der Waals surface area contributed by atoms with Crippen molar-refractivity contribution in [3.05, 3.63) is 0 Å². The Morgan fingerprint density at radius 2 is 1.54 bits per heavy atom. The van der Waals surface area contributed by atoms with Gasteiger partial charge in [0.1, 0.15) is 0 Å². The van der Waals surface area contributed by atoms with Crippen LogP contribution in [0.25, 0.3) is 0 Å². The van der Waals surface area contributed by atoms with Crippen molar-refractivity contribution in [2.45, 2.75) is 73.3 Å². The van der Waals surface area contributed by atoms with Crippen molar-refractivity contribution in [1.82, 2.24) is 0 Å². The van der Waals surface area contributed by atoms with Crippen LogP contribution in [0.5, 0.6) is 0 Å². The highest BCUT2D eigenvalue weighted by Gasteiger charge is 2.28. The summed E-state index contributed by atoms with van der Waals surface area (Å²) in [6.45, 7) is 12.0. The molecule has 0 spiro atoms. The topological polar surface area (TPSA) is 104 Å². The number of rotatable bonds is 10. The summed E-state index contributed by atoms with van der Waals surface area (Å²) in [4.78, 5) is 21.2. The van der Waals surface area contributed by atoms with Gasteiger partial charge in [0.15, 0.2) is 0 Å². The van der Waals surface area contributed by atoms with E-state index in [4.69, 9.17) is 14.9 Å². The fraction of sp³-hybridized carbons (Fsp3) is 0.889. The minimum Gasteiger partial charge on any atom is -0.481 e. The van der Waals surface area contributed by atoms with Crippen LogP contribution in [-0.4, -0.2) is 46.6 Å². The minimum absolute atomic E-state index is 0.0341. The van der Waals surface area contributed by atoms with E-state index in [1.54, 1.807) is 0 Å². The molecule has 6 nitrogen and oxygen atoms in total. The van der Waals surface area contributed by atoms with Crippen molar-refractivity contribution in [3.63, 3.8) is 0 Å². The van der Waals surface area contributed by atoms with Gasteiger partial charge >= 0.3 is 11.9 Å². The smallest absolute Gasteiger partial charge is 0.305 e. The van der Waals surface area contributed by atoms with E-state index in [1.807, 2.05) is 41.5 Å². The van der Waals surface area contributed by atoms with Gasteiger partial charge in [0.05, 0.1) is 19.3 Å². The molecule has 0 aromatic heterocycles. The quantitative estimate of drug-likeness (QED) is 0.414. The fourth-order valence-corrected chi connectivity index (χ4v) is 1.87. The molecule has 6 heteroatoms. The minimum atomic E-state index is -0.819. The fourth-order valence-electron chi connectivity index (χ4n) is 1.87. The molecule has 144 valence electrons. The van der Waals surface area contributed by atoms with Crippen LogP contribution in [0.1, 0.15) is 67.2 Å². The van der Waals surface area contributed by atoms with Gasteiger partial charge in [0.25, 0.3) is 0 Å². The number of carboxylic acids is 1. The van der Waals surface area contributed by atoms with E-state index in [0.717, 1.165) is 0 Å². The van der Waals surface area contributed by atoms with Crippen LogP contribution in [0.15, 0.2) is 0 Å². The summed E-state index contributed by atoms with van der Waals surface area (Å²) >= 11 is 0. The molecule has 0 rings (SSSR count). The molecule has 0 aliphatic rings. The normalized spacial score (nSPS) is 12.6. The number of hydrogen-bond donors (Lipinski definition) is 3. The van der Waals surface area contributed by atoms with Crippen molar-refractivity contribution in [1.29, 1.82) is 0 Å². The van der Waals surface area contributed by atoms with Crippen molar-refractivity contribution in [2.75, 3.05) is 13.2 Å². The summed E-state index contributed by atoms with van der Waals surface area (Å²) in [7, 11) is 0. The van der Waals surface area contributed by atoms with Gasteiger partial charge in [-0.05, 0) is 24.7 Å². The van der Waals surface area contributed by atoms with Crippen molar-refractivity contribution < 1.29 is 29.6 Å². The highest BCUT2D eigenvalue weighted by molar-refractivity contribution is 5.69. The number of carboxylic acid groups (broad SMARTS) is 1. The maximum atomic E-state index is 11.0. The number of esters is 1. The third-order valence-corrected chi connectivity index (χ3v) is 3.44. The van der Waals surface area contributed by atoms with E-state index in [9.17, 15) is 14.7 Å². The van der Waals surface area contributed by atoms with Gasteiger partial charge in [-0.1, -0.05) is 41.5 Å². The van der Waals surface area contributed by atoms with Gasteiger partial charge in [-0.2, -0.15) is 0 Å². The third-order valence-electron chi connectivity index (χ3n) is 3.44. The van der Waals surface area contributed by atoms with E-state index in [0.29, 0.717) is 31.8 Å². The number of hydrogen-bond acceptors (Lipinski definition) is 5. The summed E-state index contributed by atoms with van der Waals surface area (Å²) in [5.74, 6) is -0.496. The molecule has 0 aromatic rings. The molecular weight excluding hydrogens is 312 g/mol. The molecule has 0 saturated carbocycles. The first-order valence-corrected chi connectivity index (χ1v) is 8.60. The zero-order valence-corrected chi connectivity index (χ0v) is 16.0. The number of aliphatic hydroxyl groups excluding tert-OH is 2. The molecule has 0 heterocycles. The molecule has 0 saturated heterocycles. The Hall–Kier alpha value is -1.14. The number of ether oxygens (including phenoxy) is 1. The molecule has 0 aliphatic carbocycles. The van der Waals surface area contributed by atoms with Crippen molar-refractivity contribution in [3.8, 4) is 0 Å². The van der Waals surface area contributed by atoms with E-state index < -0.39 is 12.1 Å². The second-order valence-electron chi connectivity index (χ2n) is 7.51. The molecule has 1 atom stereocenters. The lowest BCUT2D eigenvalue weighted by atomic mass is 9.82. The maximum absolute atomic E-state index is 11.0. The molecule has 0 aliphatic heterocycles. The Balaban J connectivity index is 0. The van der Waals surface area contributed by atoms with Crippen LogP contribution in [-0.2, 0) is 14.3 Å². The van der Waals surface area contributed by atoms with Gasteiger partial charge < -0.3 is 20.1 Å². The van der Waals surface area contributed by atoms with Crippen LogP contribution in [0.2, 0.25) is 0 Å². The second kappa shape index (κ2) is 13.2. The first kappa shape index (κ1) is 25.1. The molecule has 0 radical (unpaired) electrons. The molecule has 0 fully saturated rings. The summed E-state index contributed by atoms with van der Waals surface area (Å²) in [5, 5.41) is 26.7. The van der Waals surface area contributed by atoms with E-state index in [2.05, 4.69) is 0 Å². The summed E-state index contributed by atoms with van der Waals surface area (Å²) in [5.41, 5.74) is -0.367. The number of aliphatic carboxylic acids is 1. The van der Waals surface area contributed by atoms with Gasteiger partial charge in [-0.3, -0.25) is 9.59 Å². The Labute approximate surface area is 146 Å². The molecule has 0 aromatic carbocycles. The molecule has 3 N–H and O–H groups in total. The monoisotopic (exact) mass is 348 g/mol. The van der Waals surface area contributed by atoms with Gasteiger partial charge in [0.2, 0.25) is 0 Å². The van der Waals surface area contributed by atoms with Crippen LogP contribution >= 0.6 is 0 Å². The van der Waals surface area contributed by atoms with Gasteiger partial charge in [-0.15, -0.1) is 0 Å². The predicted molar refractivity (Wildman–Crippen MR) is 93.6 cm³/mol. The Bertz CT molecular complexity index is 349. The van der Waals surface area contributed by atoms with Gasteiger partial charge in [0, 0.05) is 18.3 Å². The number of carbonyl (C=O) groups excluding carboxylic acids is 1. The Kier molecular flexibility index (Phi) is 13.8. The maximum Gasteiger partial charge on any atom is 0.305 e. The highest BCUT2D eigenvalue weighted by atomic mass is 16.5. The lowest BCUT2D eigenvalue weighted by Gasteiger charge is -2.30. The van der Waals surface area contributed by atoms with Crippen molar-refractivity contribution in [2.24, 2.45) is 17.3 Å². The summed E-state index contributed by atoms with van der Waals surface area (Å²) in [6.07, 6.45) is 1.14. The van der Waals surface area contributed by atoms with Crippen LogP contribution in [0.4, 0.5) is 0 Å². The molecular formula is C18H36O6. The first-order chi connectivity index (χ1) is 10.9. The van der Waals surface area contributed by atoms with Crippen LogP contribution < -0.4 is 0 Å². The largest absolute Gasteiger partial charge is 0.481 e. The zero-order valence-electron chi connectivity index (χ0n) is 16.0. The molecule has 1 unspecified atom stereocenters. The standard InChI is InChI=1S/C10H18O4.C8H18O2/c1-8(2)7-14-10(13)6-4-3-5-9(11)12;1-6(2)7(10)8(3,4)5-9/h8H,3-7H2,1-2H3,(H,11,12);6-7,9-10H,5H2,1-4H3. The summed E-state index contributed by atoms with van der Waals surface area (Å²) < 4.78 is 4.92. The first-order valence-electron chi connectivity index (χ1n) is 8.60. The average molecular weight is 348 g/mol. The zero-order chi connectivity index (χ0) is 19.3. The van der Waals surface area contributed by atoms with Gasteiger partial charge in [-0.25, -0.2) is 0 Å². The molecule has 0 amide bonds. The Morgan fingerprint density at radius 1 is 1.04 bits per heavy atom. The number of unbranched alkanes of at least 4 members (excludes halogenated alkanes) is 1. The number of aliphatic hydroxyl groups is 2. The van der Waals surface area contributed by atoms with E-state index >= 15 is 0 Å². The van der Waals surface area contributed by atoms with Crippen LogP contribution in [0.3, 0.4) is 0 Å². The lowest BCUT2D eigenvalue weighted by Crippen LogP contribution is -2.36. The highest BCUT2D eigenvalue weighted by Crippen LogP contribution is 2.24. The van der Waals surface area contributed by atoms with Crippen molar-refractivity contribution >= 4 is 11.9 Å². The van der Waals surface area contributed by atoms with E-state index in [1.165, 1.54) is 0 Å².